The second-order valence-corrected chi connectivity index (χ2v) is 7.27. The Hall–Kier alpha value is -3.05. The highest BCUT2D eigenvalue weighted by atomic mass is 32.2. The smallest absolute Gasteiger partial charge is 0.263 e. The number of nitrogens with zero attached hydrogens (tertiary/aromatic N) is 2. The summed E-state index contributed by atoms with van der Waals surface area (Å²) in [5.74, 6) is -0.474. The van der Waals surface area contributed by atoms with Crippen LogP contribution in [0.4, 0.5) is 11.4 Å². The molecular formula is C21H14N2O2S. The first kappa shape index (κ1) is 15.2. The molecule has 126 valence electrons. The zero-order valence-corrected chi connectivity index (χ0v) is 14.6. The molecule has 0 saturated heterocycles. The Kier molecular flexibility index (Phi) is 3.36. The van der Waals surface area contributed by atoms with Gasteiger partial charge in [0.25, 0.3) is 11.8 Å². The minimum Gasteiger partial charge on any atom is -0.320 e. The second-order valence-electron chi connectivity index (χ2n) is 6.19. The molecule has 0 aliphatic carbocycles. The van der Waals surface area contributed by atoms with Crippen LogP contribution < -0.4 is 4.90 Å². The average Bonchev–Trinajstić information content (AvgIpc) is 2.93. The SMILES string of the molecule is O=C1c2ccccc2C(=O)N1CN1c2ccccc2Sc2ccccc21. The van der Waals surface area contributed by atoms with Crippen molar-refractivity contribution in [3.63, 3.8) is 0 Å². The van der Waals surface area contributed by atoms with Crippen molar-refractivity contribution >= 4 is 35.0 Å². The number of imide groups is 1. The van der Waals surface area contributed by atoms with E-state index in [1.54, 1.807) is 36.0 Å². The molecule has 0 N–H and O–H groups in total. The summed E-state index contributed by atoms with van der Waals surface area (Å²) in [5.41, 5.74) is 2.97. The van der Waals surface area contributed by atoms with Gasteiger partial charge in [-0.15, -0.1) is 0 Å². The number of para-hydroxylation sites is 2. The van der Waals surface area contributed by atoms with Gasteiger partial charge in [-0.1, -0.05) is 48.2 Å². The van der Waals surface area contributed by atoms with E-state index in [2.05, 4.69) is 12.1 Å². The standard InChI is InChI=1S/C21H14N2O2S/c24-20-14-7-1-2-8-15(14)21(25)23(20)13-22-16-9-3-5-11-18(16)26-19-12-6-4-10-17(19)22/h1-12H,13H2. The number of rotatable bonds is 2. The molecular weight excluding hydrogens is 344 g/mol. The molecule has 2 amide bonds. The van der Waals surface area contributed by atoms with Gasteiger partial charge >= 0.3 is 0 Å². The van der Waals surface area contributed by atoms with E-state index in [0.717, 1.165) is 21.2 Å². The molecule has 3 aromatic carbocycles. The molecule has 2 aliphatic heterocycles. The lowest BCUT2D eigenvalue weighted by atomic mass is 10.1. The molecule has 0 saturated carbocycles. The molecule has 0 unspecified atom stereocenters. The summed E-state index contributed by atoms with van der Waals surface area (Å²) >= 11 is 1.70. The maximum Gasteiger partial charge on any atom is 0.263 e. The quantitative estimate of drug-likeness (QED) is 0.631. The lowest BCUT2D eigenvalue weighted by Gasteiger charge is -2.34. The van der Waals surface area contributed by atoms with E-state index in [4.69, 9.17) is 0 Å². The third-order valence-corrected chi connectivity index (χ3v) is 5.82. The van der Waals surface area contributed by atoms with Gasteiger partial charge in [0.05, 0.1) is 22.5 Å². The van der Waals surface area contributed by atoms with Crippen molar-refractivity contribution in [2.24, 2.45) is 0 Å². The Labute approximate surface area is 155 Å². The molecule has 5 rings (SSSR count). The molecule has 5 heteroatoms. The van der Waals surface area contributed by atoms with Gasteiger partial charge in [-0.2, -0.15) is 0 Å². The number of fused-ring (bicyclic) bond motifs is 3. The van der Waals surface area contributed by atoms with E-state index < -0.39 is 0 Å². The fourth-order valence-electron chi connectivity index (χ4n) is 3.44. The van der Waals surface area contributed by atoms with Crippen molar-refractivity contribution in [3.05, 3.63) is 83.9 Å². The molecule has 0 atom stereocenters. The maximum atomic E-state index is 12.8. The van der Waals surface area contributed by atoms with E-state index in [1.165, 1.54) is 4.90 Å². The molecule has 0 spiro atoms. The van der Waals surface area contributed by atoms with Crippen LogP contribution in [0, 0.1) is 0 Å². The molecule has 0 bridgehead atoms. The first-order valence-corrected chi connectivity index (χ1v) is 9.14. The monoisotopic (exact) mass is 358 g/mol. The zero-order chi connectivity index (χ0) is 17.7. The van der Waals surface area contributed by atoms with Crippen molar-refractivity contribution in [3.8, 4) is 0 Å². The summed E-state index contributed by atoms with van der Waals surface area (Å²) in [6.07, 6.45) is 0. The summed E-state index contributed by atoms with van der Waals surface area (Å²) in [5, 5.41) is 0. The van der Waals surface area contributed by atoms with Crippen molar-refractivity contribution < 1.29 is 9.59 Å². The van der Waals surface area contributed by atoms with Gasteiger partial charge in [0, 0.05) is 9.79 Å². The number of carbonyl (C=O) groups excluding carboxylic acids is 2. The van der Waals surface area contributed by atoms with E-state index in [-0.39, 0.29) is 18.5 Å². The van der Waals surface area contributed by atoms with E-state index in [1.807, 2.05) is 41.3 Å². The van der Waals surface area contributed by atoms with Crippen molar-refractivity contribution in [2.75, 3.05) is 11.6 Å². The lowest BCUT2D eigenvalue weighted by molar-refractivity contribution is 0.0658. The van der Waals surface area contributed by atoms with Gasteiger partial charge < -0.3 is 4.90 Å². The molecule has 3 aromatic rings. The highest BCUT2D eigenvalue weighted by Gasteiger charge is 2.37. The molecule has 2 heterocycles. The van der Waals surface area contributed by atoms with Crippen LogP contribution in [-0.2, 0) is 0 Å². The molecule has 4 nitrogen and oxygen atoms in total. The first-order valence-electron chi connectivity index (χ1n) is 8.33. The fraction of sp³-hybridized carbons (Fsp3) is 0.0476. The van der Waals surface area contributed by atoms with Crippen molar-refractivity contribution in [1.82, 2.24) is 4.90 Å². The minimum absolute atomic E-state index is 0.195. The number of benzene rings is 3. The lowest BCUT2D eigenvalue weighted by Crippen LogP contribution is -2.40. The number of carbonyl (C=O) groups is 2. The third-order valence-electron chi connectivity index (χ3n) is 4.69. The Morgan fingerprint density at radius 3 is 1.62 bits per heavy atom. The topological polar surface area (TPSA) is 40.6 Å². The van der Waals surface area contributed by atoms with Crippen LogP contribution in [0.25, 0.3) is 0 Å². The van der Waals surface area contributed by atoms with Crippen LogP contribution in [0.15, 0.2) is 82.6 Å². The van der Waals surface area contributed by atoms with Gasteiger partial charge in [0.15, 0.2) is 0 Å². The van der Waals surface area contributed by atoms with Gasteiger partial charge in [-0.3, -0.25) is 14.5 Å². The Bertz CT molecular complexity index is 983. The predicted molar refractivity (Wildman–Crippen MR) is 101 cm³/mol. The normalized spacial score (nSPS) is 14.9. The Morgan fingerprint density at radius 2 is 1.08 bits per heavy atom. The number of amides is 2. The molecule has 26 heavy (non-hydrogen) atoms. The summed E-state index contributed by atoms with van der Waals surface area (Å²) in [7, 11) is 0. The number of hydrogen-bond donors (Lipinski definition) is 0. The van der Waals surface area contributed by atoms with Crippen LogP contribution in [0.2, 0.25) is 0 Å². The molecule has 0 aromatic heterocycles. The molecule has 0 fully saturated rings. The Balaban J connectivity index is 1.58. The van der Waals surface area contributed by atoms with Gasteiger partial charge in [0.2, 0.25) is 0 Å². The largest absolute Gasteiger partial charge is 0.320 e. The van der Waals surface area contributed by atoms with E-state index >= 15 is 0 Å². The third kappa shape index (κ3) is 2.17. The predicted octanol–water partition coefficient (Wildman–Crippen LogP) is 4.54. The van der Waals surface area contributed by atoms with E-state index in [9.17, 15) is 9.59 Å². The second kappa shape index (κ2) is 5.75. The van der Waals surface area contributed by atoms with Crippen LogP contribution >= 0.6 is 11.8 Å². The number of anilines is 2. The van der Waals surface area contributed by atoms with Crippen molar-refractivity contribution in [1.29, 1.82) is 0 Å². The highest BCUT2D eigenvalue weighted by molar-refractivity contribution is 7.99. The fourth-order valence-corrected chi connectivity index (χ4v) is 4.54. The van der Waals surface area contributed by atoms with E-state index in [0.29, 0.717) is 11.1 Å². The zero-order valence-electron chi connectivity index (χ0n) is 13.8. The van der Waals surface area contributed by atoms with Gasteiger partial charge in [0.1, 0.15) is 6.67 Å². The first-order chi connectivity index (χ1) is 12.7. The molecule has 2 aliphatic rings. The summed E-state index contributed by atoms with van der Waals surface area (Å²) in [6.45, 7) is 0.195. The summed E-state index contributed by atoms with van der Waals surface area (Å²) < 4.78 is 0. The highest BCUT2D eigenvalue weighted by Crippen LogP contribution is 2.48. The Morgan fingerprint density at radius 1 is 0.615 bits per heavy atom. The summed E-state index contributed by atoms with van der Waals surface area (Å²) in [4.78, 5) is 31.2. The minimum atomic E-state index is -0.237. The van der Waals surface area contributed by atoms with Crippen LogP contribution in [0.3, 0.4) is 0 Å². The maximum absolute atomic E-state index is 12.8. The van der Waals surface area contributed by atoms with Crippen LogP contribution in [0.5, 0.6) is 0 Å². The number of hydrogen-bond acceptors (Lipinski definition) is 4. The summed E-state index contributed by atoms with van der Waals surface area (Å²) in [6, 6.07) is 23.1. The van der Waals surface area contributed by atoms with Crippen LogP contribution in [0.1, 0.15) is 20.7 Å². The van der Waals surface area contributed by atoms with Gasteiger partial charge in [-0.05, 0) is 36.4 Å². The van der Waals surface area contributed by atoms with Gasteiger partial charge in [-0.25, -0.2) is 0 Å². The molecule has 0 radical (unpaired) electrons. The average molecular weight is 358 g/mol. The van der Waals surface area contributed by atoms with Crippen molar-refractivity contribution in [2.45, 2.75) is 9.79 Å². The van der Waals surface area contributed by atoms with Crippen LogP contribution in [-0.4, -0.2) is 23.4 Å².